The minimum atomic E-state index is -0.483. The third-order valence-electron chi connectivity index (χ3n) is 5.86. The lowest BCUT2D eigenvalue weighted by Gasteiger charge is -2.09. The van der Waals surface area contributed by atoms with Gasteiger partial charge in [0.15, 0.2) is 11.0 Å². The van der Waals surface area contributed by atoms with Crippen LogP contribution in [0.1, 0.15) is 40.2 Å². The van der Waals surface area contributed by atoms with E-state index in [2.05, 4.69) is 34.7 Å². The van der Waals surface area contributed by atoms with E-state index in [0.717, 1.165) is 34.5 Å². The van der Waals surface area contributed by atoms with Gasteiger partial charge in [0.2, 0.25) is 5.91 Å². The zero-order valence-electron chi connectivity index (χ0n) is 20.9. The summed E-state index contributed by atoms with van der Waals surface area (Å²) in [5.74, 6) is 0.258. The van der Waals surface area contributed by atoms with Gasteiger partial charge in [-0.15, -0.1) is 32.9 Å². The molecule has 7 nitrogen and oxygen atoms in total. The van der Waals surface area contributed by atoms with Gasteiger partial charge in [0.25, 0.3) is 0 Å². The quantitative estimate of drug-likeness (QED) is 0.194. The third-order valence-corrected chi connectivity index (χ3v) is 8.68. The van der Waals surface area contributed by atoms with Crippen LogP contribution in [0.2, 0.25) is 0 Å². The van der Waals surface area contributed by atoms with Crippen molar-refractivity contribution >= 4 is 51.3 Å². The number of nitrogens with one attached hydrogen (secondary N) is 1. The van der Waals surface area contributed by atoms with E-state index < -0.39 is 5.97 Å². The second-order valence-electron chi connectivity index (χ2n) is 8.14. The lowest BCUT2D eigenvalue weighted by molar-refractivity contribution is -0.113. The molecule has 0 bridgehead atoms. The predicted octanol–water partition coefficient (Wildman–Crippen LogP) is 6.45. The lowest BCUT2D eigenvalue weighted by atomic mass is 10.0. The molecule has 0 aliphatic rings. The maximum absolute atomic E-state index is 12.9. The molecule has 0 aliphatic carbocycles. The number of esters is 1. The number of benzene rings is 1. The molecular weight excluding hydrogens is 513 g/mol. The summed E-state index contributed by atoms with van der Waals surface area (Å²) < 4.78 is 7.06. The average Bonchev–Trinajstić information content (AvgIpc) is 3.58. The van der Waals surface area contributed by atoms with Crippen molar-refractivity contribution in [3.8, 4) is 22.5 Å². The van der Waals surface area contributed by atoms with E-state index in [4.69, 9.17) is 4.74 Å². The van der Waals surface area contributed by atoms with Crippen molar-refractivity contribution in [2.45, 2.75) is 45.8 Å². The van der Waals surface area contributed by atoms with Gasteiger partial charge in [0.05, 0.1) is 12.9 Å². The first-order chi connectivity index (χ1) is 17.4. The first-order valence-corrected chi connectivity index (χ1v) is 14.3. The SMILES string of the molecule is CCc1c(-c2nnc(SCC(=O)Nc3scc(-c4ccc(C)cc4)c3C(=O)OC)n2CC)csc1C. The number of ether oxygens (including phenoxy) is 1. The van der Waals surface area contributed by atoms with Crippen molar-refractivity contribution in [3.05, 3.63) is 56.6 Å². The van der Waals surface area contributed by atoms with Crippen molar-refractivity contribution in [2.75, 3.05) is 18.2 Å². The number of hydrogen-bond acceptors (Lipinski definition) is 8. The van der Waals surface area contributed by atoms with Crippen molar-refractivity contribution in [1.82, 2.24) is 14.8 Å². The summed E-state index contributed by atoms with van der Waals surface area (Å²) in [6.45, 7) is 9.01. The second-order valence-corrected chi connectivity index (χ2v) is 11.0. The number of rotatable bonds is 9. The number of methoxy groups -OCH3 is 1. The highest BCUT2D eigenvalue weighted by Gasteiger charge is 2.23. The molecule has 0 radical (unpaired) electrons. The summed E-state index contributed by atoms with van der Waals surface area (Å²) in [5.41, 5.74) is 5.52. The summed E-state index contributed by atoms with van der Waals surface area (Å²) in [4.78, 5) is 26.8. The molecule has 0 aliphatic heterocycles. The Bertz CT molecular complexity index is 1390. The molecule has 0 atom stereocenters. The molecular formula is C26H28N4O3S3. The number of thiophene rings is 2. The number of carbonyl (C=O) groups excluding carboxylic acids is 2. The van der Waals surface area contributed by atoms with Gasteiger partial charge >= 0.3 is 5.97 Å². The number of aromatic nitrogens is 3. The summed E-state index contributed by atoms with van der Waals surface area (Å²) >= 11 is 4.36. The Labute approximate surface area is 222 Å². The number of carbonyl (C=O) groups is 2. The molecule has 1 amide bonds. The van der Waals surface area contributed by atoms with Gasteiger partial charge in [-0.2, -0.15) is 0 Å². The van der Waals surface area contributed by atoms with E-state index >= 15 is 0 Å². The van der Waals surface area contributed by atoms with Gasteiger partial charge < -0.3 is 14.6 Å². The fourth-order valence-corrected chi connectivity index (χ4v) is 6.69. The van der Waals surface area contributed by atoms with Gasteiger partial charge in [0, 0.05) is 33.3 Å². The van der Waals surface area contributed by atoms with Crippen LogP contribution < -0.4 is 5.32 Å². The van der Waals surface area contributed by atoms with Crippen LogP contribution in [0.15, 0.2) is 40.2 Å². The van der Waals surface area contributed by atoms with Crippen LogP contribution in [0.5, 0.6) is 0 Å². The van der Waals surface area contributed by atoms with Crippen molar-refractivity contribution in [2.24, 2.45) is 0 Å². The first kappa shape index (κ1) is 26.1. The van der Waals surface area contributed by atoms with Crippen molar-refractivity contribution in [1.29, 1.82) is 0 Å². The average molecular weight is 541 g/mol. The Balaban J connectivity index is 1.51. The molecule has 4 rings (SSSR count). The van der Waals surface area contributed by atoms with Crippen LogP contribution in [0.4, 0.5) is 5.00 Å². The molecule has 0 spiro atoms. The van der Waals surface area contributed by atoms with Gasteiger partial charge in [0.1, 0.15) is 10.6 Å². The Hall–Kier alpha value is -2.95. The normalized spacial score (nSPS) is 11.0. The van der Waals surface area contributed by atoms with E-state index in [1.54, 1.807) is 11.3 Å². The topological polar surface area (TPSA) is 86.1 Å². The highest BCUT2D eigenvalue weighted by Crippen LogP contribution is 2.37. The molecule has 0 fully saturated rings. The maximum Gasteiger partial charge on any atom is 0.341 e. The number of aryl methyl sites for hydroxylation is 2. The monoisotopic (exact) mass is 540 g/mol. The Morgan fingerprint density at radius 3 is 2.44 bits per heavy atom. The molecule has 0 saturated heterocycles. The number of thioether (sulfide) groups is 1. The van der Waals surface area contributed by atoms with Crippen LogP contribution in [0, 0.1) is 13.8 Å². The Kier molecular flexibility index (Phi) is 8.28. The fourth-order valence-electron chi connectivity index (χ4n) is 3.98. The van der Waals surface area contributed by atoms with E-state index in [1.165, 1.54) is 40.6 Å². The summed E-state index contributed by atoms with van der Waals surface area (Å²) in [6.07, 6.45) is 0.931. The van der Waals surface area contributed by atoms with Crippen LogP contribution in [-0.4, -0.2) is 39.5 Å². The molecule has 10 heteroatoms. The predicted molar refractivity (Wildman–Crippen MR) is 148 cm³/mol. The number of anilines is 1. The van der Waals surface area contributed by atoms with E-state index in [1.807, 2.05) is 48.1 Å². The number of hydrogen-bond donors (Lipinski definition) is 1. The largest absolute Gasteiger partial charge is 0.465 e. The third kappa shape index (κ3) is 5.25. The highest BCUT2D eigenvalue weighted by molar-refractivity contribution is 7.99. The second kappa shape index (κ2) is 11.4. The number of amides is 1. The number of nitrogens with zero attached hydrogens (tertiary/aromatic N) is 3. The van der Waals surface area contributed by atoms with Gasteiger partial charge in [-0.1, -0.05) is 48.5 Å². The van der Waals surface area contributed by atoms with Crippen LogP contribution in [-0.2, 0) is 22.5 Å². The maximum atomic E-state index is 12.9. The highest BCUT2D eigenvalue weighted by atomic mass is 32.2. The van der Waals surface area contributed by atoms with Gasteiger partial charge in [-0.05, 0) is 38.3 Å². The Morgan fingerprint density at radius 1 is 1.06 bits per heavy atom. The molecule has 3 heterocycles. The molecule has 36 heavy (non-hydrogen) atoms. The molecule has 0 unspecified atom stereocenters. The summed E-state index contributed by atoms with van der Waals surface area (Å²) in [7, 11) is 1.34. The molecule has 0 saturated carbocycles. The molecule has 3 aromatic heterocycles. The minimum Gasteiger partial charge on any atom is -0.465 e. The zero-order chi connectivity index (χ0) is 25.8. The van der Waals surface area contributed by atoms with Crippen molar-refractivity contribution in [3.63, 3.8) is 0 Å². The summed E-state index contributed by atoms with van der Waals surface area (Å²) in [6, 6.07) is 7.89. The molecule has 1 N–H and O–H groups in total. The minimum absolute atomic E-state index is 0.139. The molecule has 4 aromatic rings. The van der Waals surface area contributed by atoms with E-state index in [0.29, 0.717) is 22.3 Å². The lowest BCUT2D eigenvalue weighted by Crippen LogP contribution is -2.16. The van der Waals surface area contributed by atoms with E-state index in [9.17, 15) is 9.59 Å². The smallest absolute Gasteiger partial charge is 0.341 e. The van der Waals surface area contributed by atoms with E-state index in [-0.39, 0.29) is 11.7 Å². The van der Waals surface area contributed by atoms with Crippen molar-refractivity contribution < 1.29 is 14.3 Å². The van der Waals surface area contributed by atoms with Crippen LogP contribution in [0.25, 0.3) is 22.5 Å². The zero-order valence-corrected chi connectivity index (χ0v) is 23.3. The summed E-state index contributed by atoms with van der Waals surface area (Å²) in [5, 5.41) is 16.9. The standard InChI is InChI=1S/C26H28N4O3S3/c1-6-18-16(4)34-13-20(18)23-28-29-26(30(23)7-2)36-14-21(31)27-24-22(25(32)33-5)19(12-35-24)17-10-8-15(3)9-11-17/h8-13H,6-7,14H2,1-5H3,(H,27,31). The molecule has 1 aromatic carbocycles. The van der Waals surface area contributed by atoms with Crippen LogP contribution >= 0.6 is 34.4 Å². The van der Waals surface area contributed by atoms with Gasteiger partial charge in [-0.3, -0.25) is 4.79 Å². The molecule has 188 valence electrons. The van der Waals surface area contributed by atoms with Gasteiger partial charge in [-0.25, -0.2) is 4.79 Å². The fraction of sp³-hybridized carbons (Fsp3) is 0.308. The Morgan fingerprint density at radius 2 is 1.78 bits per heavy atom. The van der Waals surface area contributed by atoms with Crippen LogP contribution in [0.3, 0.4) is 0 Å². The first-order valence-electron chi connectivity index (χ1n) is 11.6.